The van der Waals surface area contributed by atoms with E-state index in [4.69, 9.17) is 9.85 Å². The number of carbonyl (C=O) groups is 1. The van der Waals surface area contributed by atoms with E-state index in [-0.39, 0.29) is 29.9 Å². The van der Waals surface area contributed by atoms with Gasteiger partial charge in [0.1, 0.15) is 11.6 Å². The molecule has 7 nitrogen and oxygen atoms in total. The number of ketones is 1. The van der Waals surface area contributed by atoms with Crippen LogP contribution in [0.5, 0.6) is 5.75 Å². The third-order valence-electron chi connectivity index (χ3n) is 4.75. The summed E-state index contributed by atoms with van der Waals surface area (Å²) < 4.78 is 80.1. The molecule has 33 heavy (non-hydrogen) atoms. The van der Waals surface area contributed by atoms with Gasteiger partial charge in [-0.15, -0.1) is 18.3 Å². The van der Waals surface area contributed by atoms with E-state index in [2.05, 4.69) is 19.8 Å². The SMILES string of the molecule is [2H]C([2H])([2H])c1ncc(-c2ccn3nc(N)nc3c2)cc1C(=O)CCc1cc(OC(F)(F)F)ccc1F. The second-order valence-corrected chi connectivity index (χ2v) is 7.03. The predicted octanol–water partition coefficient (Wildman–Crippen LogP) is 4.54. The first kappa shape index (κ1) is 18.5. The van der Waals surface area contributed by atoms with E-state index in [0.717, 1.165) is 18.2 Å². The zero-order valence-corrected chi connectivity index (χ0v) is 16.7. The minimum atomic E-state index is -4.97. The van der Waals surface area contributed by atoms with Crippen LogP contribution in [0.2, 0.25) is 0 Å². The van der Waals surface area contributed by atoms with Gasteiger partial charge in [0.2, 0.25) is 5.95 Å². The molecule has 0 aliphatic rings. The Hall–Kier alpha value is -4.02. The molecule has 4 rings (SSSR count). The van der Waals surface area contributed by atoms with Crippen molar-refractivity contribution in [2.24, 2.45) is 0 Å². The monoisotopic (exact) mass is 462 g/mol. The number of Topliss-reactive ketones (excluding diaryl/α,β-unsaturated/α-hetero) is 1. The number of rotatable bonds is 6. The molecule has 3 aromatic heterocycles. The Morgan fingerprint density at radius 2 is 2.03 bits per heavy atom. The fourth-order valence-electron chi connectivity index (χ4n) is 3.24. The summed E-state index contributed by atoms with van der Waals surface area (Å²) in [4.78, 5) is 21.1. The lowest BCUT2D eigenvalue weighted by Gasteiger charge is -2.11. The van der Waals surface area contributed by atoms with Crippen molar-refractivity contribution in [1.82, 2.24) is 19.6 Å². The van der Waals surface area contributed by atoms with Crippen molar-refractivity contribution < 1.29 is 31.2 Å². The normalized spacial score (nSPS) is 13.4. The molecule has 0 saturated heterocycles. The number of aromatic nitrogens is 4. The first-order chi connectivity index (χ1) is 16.8. The Kier molecular flexibility index (Phi) is 4.77. The Morgan fingerprint density at radius 1 is 1.21 bits per heavy atom. The number of nitrogen functional groups attached to an aromatic ring is 1. The second-order valence-electron chi connectivity index (χ2n) is 7.03. The molecule has 3 heterocycles. The quantitative estimate of drug-likeness (QED) is 0.334. The van der Waals surface area contributed by atoms with Gasteiger partial charge in [0, 0.05) is 39.7 Å². The number of halogens is 4. The first-order valence-electron chi connectivity index (χ1n) is 11.0. The smallest absolute Gasteiger partial charge is 0.406 e. The molecule has 0 radical (unpaired) electrons. The number of anilines is 1. The van der Waals surface area contributed by atoms with Crippen molar-refractivity contribution in [3.8, 4) is 16.9 Å². The lowest BCUT2D eigenvalue weighted by molar-refractivity contribution is -0.274. The molecule has 2 N–H and O–H groups in total. The van der Waals surface area contributed by atoms with E-state index in [9.17, 15) is 22.4 Å². The molecular formula is C22H17F4N5O2. The number of nitrogens with two attached hydrogens (primary N) is 1. The molecule has 0 unspecified atom stereocenters. The maximum absolute atomic E-state index is 14.2. The zero-order valence-electron chi connectivity index (χ0n) is 19.7. The van der Waals surface area contributed by atoms with E-state index in [1.165, 1.54) is 16.8 Å². The van der Waals surface area contributed by atoms with Gasteiger partial charge in [-0.1, -0.05) is 0 Å². The van der Waals surface area contributed by atoms with Crippen LogP contribution in [0.15, 0.2) is 48.8 Å². The van der Waals surface area contributed by atoms with E-state index in [1.54, 1.807) is 18.3 Å². The molecule has 0 spiro atoms. The summed E-state index contributed by atoms with van der Waals surface area (Å²) in [5.74, 6) is -2.09. The molecule has 0 aliphatic heterocycles. The first-order valence-corrected chi connectivity index (χ1v) is 9.50. The van der Waals surface area contributed by atoms with E-state index < -0.39 is 36.3 Å². The molecule has 4 aromatic rings. The molecule has 0 bridgehead atoms. The molecule has 0 aliphatic carbocycles. The Bertz CT molecular complexity index is 1450. The van der Waals surface area contributed by atoms with Gasteiger partial charge >= 0.3 is 6.36 Å². The van der Waals surface area contributed by atoms with Crippen LogP contribution in [-0.4, -0.2) is 31.7 Å². The maximum atomic E-state index is 14.2. The predicted molar refractivity (Wildman–Crippen MR) is 111 cm³/mol. The van der Waals surface area contributed by atoms with Gasteiger partial charge in [0.15, 0.2) is 11.4 Å². The zero-order chi connectivity index (χ0) is 26.3. The minimum Gasteiger partial charge on any atom is -0.406 e. The highest BCUT2D eigenvalue weighted by molar-refractivity contribution is 5.98. The molecule has 0 amide bonds. The molecule has 1 aromatic carbocycles. The number of carbonyl (C=O) groups excluding carboxylic acids is 1. The van der Waals surface area contributed by atoms with Crippen molar-refractivity contribution in [3.63, 3.8) is 0 Å². The van der Waals surface area contributed by atoms with Gasteiger partial charge in [-0.25, -0.2) is 8.91 Å². The van der Waals surface area contributed by atoms with Crippen LogP contribution in [0.3, 0.4) is 0 Å². The molecule has 0 fully saturated rings. The number of benzene rings is 1. The molecular weight excluding hydrogens is 442 g/mol. The minimum absolute atomic E-state index is 0.0517. The fraction of sp³-hybridized carbons (Fsp3) is 0.182. The third-order valence-corrected chi connectivity index (χ3v) is 4.75. The van der Waals surface area contributed by atoms with E-state index >= 15 is 0 Å². The van der Waals surface area contributed by atoms with Gasteiger partial charge in [-0.3, -0.25) is 9.78 Å². The number of fused-ring (bicyclic) bond motifs is 1. The second kappa shape index (κ2) is 8.49. The van der Waals surface area contributed by atoms with Gasteiger partial charge in [0.25, 0.3) is 0 Å². The summed E-state index contributed by atoms with van der Waals surface area (Å²) in [6.45, 7) is -2.72. The van der Waals surface area contributed by atoms with Crippen LogP contribution in [0.25, 0.3) is 16.8 Å². The highest BCUT2D eigenvalue weighted by atomic mass is 19.4. The maximum Gasteiger partial charge on any atom is 0.573 e. The number of nitrogens with zero attached hydrogens (tertiary/aromatic N) is 4. The van der Waals surface area contributed by atoms with Gasteiger partial charge in [-0.2, -0.15) is 4.98 Å². The summed E-state index contributed by atoms with van der Waals surface area (Å²) in [7, 11) is 0. The average molecular weight is 462 g/mol. The summed E-state index contributed by atoms with van der Waals surface area (Å²) in [6, 6.07) is 7.06. The number of alkyl halides is 3. The number of ether oxygens (including phenoxy) is 1. The Balaban J connectivity index is 1.64. The Morgan fingerprint density at radius 3 is 2.79 bits per heavy atom. The summed E-state index contributed by atoms with van der Waals surface area (Å²) >= 11 is 0. The van der Waals surface area contributed by atoms with Crippen molar-refractivity contribution in [2.75, 3.05) is 5.73 Å². The summed E-state index contributed by atoms with van der Waals surface area (Å²) in [5, 5.41) is 3.96. The molecule has 0 atom stereocenters. The molecule has 11 heteroatoms. The van der Waals surface area contributed by atoms with Crippen LogP contribution in [-0.2, 0) is 6.42 Å². The van der Waals surface area contributed by atoms with Gasteiger partial charge in [0.05, 0.1) is 0 Å². The van der Waals surface area contributed by atoms with Gasteiger partial charge < -0.3 is 10.5 Å². The fourth-order valence-corrected chi connectivity index (χ4v) is 3.24. The van der Waals surface area contributed by atoms with Gasteiger partial charge in [-0.05, 0) is 60.8 Å². The third kappa shape index (κ3) is 5.08. The lowest BCUT2D eigenvalue weighted by Crippen LogP contribution is -2.17. The van der Waals surface area contributed by atoms with E-state index in [0.29, 0.717) is 16.8 Å². The number of hydrogen-bond acceptors (Lipinski definition) is 6. The molecule has 0 saturated carbocycles. The number of pyridine rings is 2. The van der Waals surface area contributed by atoms with Crippen LogP contribution in [0.1, 0.15) is 32.1 Å². The van der Waals surface area contributed by atoms with Crippen molar-refractivity contribution >= 4 is 17.4 Å². The van der Waals surface area contributed by atoms with Crippen LogP contribution in [0.4, 0.5) is 23.5 Å². The largest absolute Gasteiger partial charge is 0.573 e. The number of hydrogen-bond donors (Lipinski definition) is 1. The number of aryl methyl sites for hydroxylation is 2. The Labute approximate surface area is 189 Å². The van der Waals surface area contributed by atoms with Crippen LogP contribution < -0.4 is 10.5 Å². The topological polar surface area (TPSA) is 95.4 Å². The molecule has 170 valence electrons. The van der Waals surface area contributed by atoms with Crippen molar-refractivity contribution in [3.05, 3.63) is 71.4 Å². The highest BCUT2D eigenvalue weighted by Crippen LogP contribution is 2.26. The van der Waals surface area contributed by atoms with Crippen molar-refractivity contribution in [2.45, 2.75) is 26.1 Å². The standard InChI is InChI=1S/C22H17F4N5O2/c1-12-17(9-15(11-28-12)13-6-7-31-20(10-13)29-21(27)30-31)19(32)5-2-14-8-16(3-4-18(14)23)33-22(24,25)26/h3-4,6-11H,2,5H2,1H3,(H2,27,30)/i1D3. The lowest BCUT2D eigenvalue weighted by atomic mass is 9.98. The van der Waals surface area contributed by atoms with Crippen molar-refractivity contribution in [1.29, 1.82) is 0 Å². The van der Waals surface area contributed by atoms with E-state index in [1.807, 2.05) is 0 Å². The van der Waals surface area contributed by atoms with Crippen LogP contribution >= 0.6 is 0 Å². The summed E-state index contributed by atoms with van der Waals surface area (Å²) in [6.07, 6.45) is -2.78. The summed E-state index contributed by atoms with van der Waals surface area (Å²) in [5.41, 5.74) is 6.11. The van der Waals surface area contributed by atoms with Crippen LogP contribution in [0, 0.1) is 12.7 Å². The average Bonchev–Trinajstić information content (AvgIpc) is 3.16. The highest BCUT2D eigenvalue weighted by Gasteiger charge is 2.31.